The molecule has 0 N–H and O–H groups in total. The topological polar surface area (TPSA) is 47.4 Å². The first kappa shape index (κ1) is 22.8. The summed E-state index contributed by atoms with van der Waals surface area (Å²) in [5.41, 5.74) is 1.71. The SMILES string of the molecule is CCOC[C@@H](c1ccccc1)n1c(C)nc2ccc(N(C)CCC(F)(F)F)cc2c1=O. The molecule has 0 unspecified atom stereocenters. The standard InChI is InChI=1S/C23H26F3N3O2/c1-4-31-15-21(17-8-6-5-7-9-17)29-16(2)27-20-11-10-18(14-19(20)22(29)30)28(3)13-12-23(24,25)26/h5-11,14,21H,4,12-13,15H2,1-3H3/t21-/m0/s1. The average molecular weight is 433 g/mol. The fourth-order valence-electron chi connectivity index (χ4n) is 3.55. The molecule has 0 fully saturated rings. The number of aryl methyl sites for hydroxylation is 1. The lowest BCUT2D eigenvalue weighted by molar-refractivity contribution is -0.132. The Morgan fingerprint density at radius 3 is 2.52 bits per heavy atom. The molecular formula is C23H26F3N3O2. The Morgan fingerprint density at radius 2 is 1.87 bits per heavy atom. The van der Waals surface area contributed by atoms with E-state index in [0.717, 1.165) is 5.56 Å². The van der Waals surface area contributed by atoms with Gasteiger partial charge in [0.1, 0.15) is 5.82 Å². The third kappa shape index (κ3) is 5.44. The highest BCUT2D eigenvalue weighted by molar-refractivity contribution is 5.82. The van der Waals surface area contributed by atoms with Crippen LogP contribution in [-0.2, 0) is 4.74 Å². The van der Waals surface area contributed by atoms with Crippen LogP contribution >= 0.6 is 0 Å². The van der Waals surface area contributed by atoms with Gasteiger partial charge in [-0.3, -0.25) is 9.36 Å². The summed E-state index contributed by atoms with van der Waals surface area (Å²) in [6, 6.07) is 14.2. The van der Waals surface area contributed by atoms with E-state index in [4.69, 9.17) is 4.74 Å². The average Bonchev–Trinajstić information content (AvgIpc) is 2.74. The minimum absolute atomic E-state index is 0.195. The number of hydrogen-bond donors (Lipinski definition) is 0. The molecule has 0 saturated carbocycles. The van der Waals surface area contributed by atoms with Crippen molar-refractivity contribution in [2.24, 2.45) is 0 Å². The molecule has 0 spiro atoms. The highest BCUT2D eigenvalue weighted by atomic mass is 19.4. The molecule has 5 nitrogen and oxygen atoms in total. The number of nitrogens with zero attached hydrogens (tertiary/aromatic N) is 3. The molecule has 0 radical (unpaired) electrons. The monoisotopic (exact) mass is 433 g/mol. The molecule has 3 aromatic rings. The molecule has 2 aromatic carbocycles. The summed E-state index contributed by atoms with van der Waals surface area (Å²) < 4.78 is 45.0. The van der Waals surface area contributed by atoms with Crippen LogP contribution < -0.4 is 10.5 Å². The molecule has 0 amide bonds. The summed E-state index contributed by atoms with van der Waals surface area (Å²) in [6.07, 6.45) is -5.17. The Labute approximate surface area is 179 Å². The van der Waals surface area contributed by atoms with Crippen LogP contribution in [0.4, 0.5) is 18.9 Å². The molecule has 166 valence electrons. The number of halogens is 3. The van der Waals surface area contributed by atoms with Crippen molar-refractivity contribution in [3.63, 3.8) is 0 Å². The number of hydrogen-bond acceptors (Lipinski definition) is 4. The third-order valence-electron chi connectivity index (χ3n) is 5.21. The van der Waals surface area contributed by atoms with Crippen molar-refractivity contribution in [1.82, 2.24) is 9.55 Å². The van der Waals surface area contributed by atoms with Gasteiger partial charge in [0.25, 0.3) is 5.56 Å². The Hall–Kier alpha value is -2.87. The Bertz CT molecular complexity index is 1080. The van der Waals surface area contributed by atoms with Crippen LogP contribution in [0.3, 0.4) is 0 Å². The van der Waals surface area contributed by atoms with Crippen molar-refractivity contribution in [3.05, 3.63) is 70.3 Å². The van der Waals surface area contributed by atoms with Gasteiger partial charge in [0.15, 0.2) is 0 Å². The fraction of sp³-hybridized carbons (Fsp3) is 0.391. The first-order valence-electron chi connectivity index (χ1n) is 10.1. The molecule has 0 aliphatic carbocycles. The van der Waals surface area contributed by atoms with Gasteiger partial charge in [-0.25, -0.2) is 4.98 Å². The van der Waals surface area contributed by atoms with Crippen LogP contribution in [0.15, 0.2) is 53.3 Å². The highest BCUT2D eigenvalue weighted by Gasteiger charge is 2.27. The van der Waals surface area contributed by atoms with E-state index in [-0.39, 0.29) is 18.1 Å². The fourth-order valence-corrected chi connectivity index (χ4v) is 3.55. The number of rotatable bonds is 8. The molecular weight excluding hydrogens is 407 g/mol. The van der Waals surface area contributed by atoms with E-state index < -0.39 is 12.6 Å². The molecule has 0 saturated heterocycles. The number of aromatic nitrogens is 2. The molecule has 0 aliphatic rings. The molecule has 0 aliphatic heterocycles. The Balaban J connectivity index is 2.06. The van der Waals surface area contributed by atoms with Crippen molar-refractivity contribution in [3.8, 4) is 0 Å². The maximum absolute atomic E-state index is 13.5. The Morgan fingerprint density at radius 1 is 1.16 bits per heavy atom. The first-order valence-corrected chi connectivity index (χ1v) is 10.1. The van der Waals surface area contributed by atoms with Gasteiger partial charge in [-0.05, 0) is 37.6 Å². The predicted molar refractivity (Wildman–Crippen MR) is 116 cm³/mol. The molecule has 1 heterocycles. The van der Waals surface area contributed by atoms with Crippen LogP contribution in [0.25, 0.3) is 10.9 Å². The second kappa shape index (κ2) is 9.51. The summed E-state index contributed by atoms with van der Waals surface area (Å²) in [5.74, 6) is 0.546. The number of anilines is 1. The molecule has 8 heteroatoms. The van der Waals surface area contributed by atoms with Crippen LogP contribution in [0.2, 0.25) is 0 Å². The molecule has 1 atom stereocenters. The van der Waals surface area contributed by atoms with E-state index >= 15 is 0 Å². The van der Waals surface area contributed by atoms with E-state index in [2.05, 4.69) is 4.98 Å². The van der Waals surface area contributed by atoms with E-state index in [0.29, 0.717) is 35.6 Å². The van der Waals surface area contributed by atoms with Gasteiger partial charge >= 0.3 is 6.18 Å². The summed E-state index contributed by atoms with van der Waals surface area (Å²) in [5, 5.41) is 0.361. The van der Waals surface area contributed by atoms with Crippen molar-refractivity contribution in [2.45, 2.75) is 32.5 Å². The van der Waals surface area contributed by atoms with Gasteiger partial charge in [-0.15, -0.1) is 0 Å². The van der Waals surface area contributed by atoms with Gasteiger partial charge in [0.2, 0.25) is 0 Å². The van der Waals surface area contributed by atoms with Crippen molar-refractivity contribution in [1.29, 1.82) is 0 Å². The quantitative estimate of drug-likeness (QED) is 0.516. The molecule has 1 aromatic heterocycles. The largest absolute Gasteiger partial charge is 0.390 e. The van der Waals surface area contributed by atoms with E-state index in [1.807, 2.05) is 37.3 Å². The van der Waals surface area contributed by atoms with Crippen molar-refractivity contribution >= 4 is 16.6 Å². The smallest absolute Gasteiger partial charge is 0.379 e. The number of ether oxygens (including phenoxy) is 1. The van der Waals surface area contributed by atoms with Gasteiger partial charge < -0.3 is 9.64 Å². The van der Waals surface area contributed by atoms with E-state index in [1.165, 1.54) is 4.90 Å². The second-order valence-electron chi connectivity index (χ2n) is 7.41. The summed E-state index contributed by atoms with van der Waals surface area (Å²) in [6.45, 7) is 4.27. The molecule has 31 heavy (non-hydrogen) atoms. The summed E-state index contributed by atoms with van der Waals surface area (Å²) in [4.78, 5) is 19.6. The van der Waals surface area contributed by atoms with Gasteiger partial charge in [0, 0.05) is 25.9 Å². The maximum atomic E-state index is 13.5. The van der Waals surface area contributed by atoms with Gasteiger partial charge in [-0.1, -0.05) is 30.3 Å². The lowest BCUT2D eigenvalue weighted by Crippen LogP contribution is -2.31. The summed E-state index contributed by atoms with van der Waals surface area (Å²) in [7, 11) is 1.58. The van der Waals surface area contributed by atoms with Crippen LogP contribution in [0, 0.1) is 6.92 Å². The minimum atomic E-state index is -4.24. The lowest BCUT2D eigenvalue weighted by Gasteiger charge is -2.23. The molecule has 3 rings (SSSR count). The minimum Gasteiger partial charge on any atom is -0.379 e. The molecule has 0 bridgehead atoms. The van der Waals surface area contributed by atoms with Crippen LogP contribution in [0.5, 0.6) is 0 Å². The number of alkyl halides is 3. The lowest BCUT2D eigenvalue weighted by atomic mass is 10.1. The zero-order chi connectivity index (χ0) is 22.6. The van der Waals surface area contributed by atoms with Crippen molar-refractivity contribution in [2.75, 3.05) is 31.7 Å². The predicted octanol–water partition coefficient (Wildman–Crippen LogP) is 4.72. The highest BCUT2D eigenvalue weighted by Crippen LogP contribution is 2.25. The Kier molecular flexibility index (Phi) is 7.00. The summed E-state index contributed by atoms with van der Waals surface area (Å²) >= 11 is 0. The van der Waals surface area contributed by atoms with Crippen molar-refractivity contribution < 1.29 is 17.9 Å². The van der Waals surface area contributed by atoms with Crippen LogP contribution in [-0.4, -0.2) is 42.5 Å². The third-order valence-corrected chi connectivity index (χ3v) is 5.21. The zero-order valence-electron chi connectivity index (χ0n) is 17.8. The van der Waals surface area contributed by atoms with Crippen LogP contribution in [0.1, 0.15) is 30.8 Å². The number of fused-ring (bicyclic) bond motifs is 1. The van der Waals surface area contributed by atoms with Gasteiger partial charge in [0.05, 0.1) is 30.0 Å². The second-order valence-corrected chi connectivity index (χ2v) is 7.41. The maximum Gasteiger partial charge on any atom is 0.390 e. The first-order chi connectivity index (χ1) is 14.7. The number of benzene rings is 2. The van der Waals surface area contributed by atoms with E-state index in [1.54, 1.807) is 36.7 Å². The van der Waals surface area contributed by atoms with Gasteiger partial charge in [-0.2, -0.15) is 13.2 Å². The zero-order valence-corrected chi connectivity index (χ0v) is 17.8. The normalized spacial score (nSPS) is 12.8. The van der Waals surface area contributed by atoms with E-state index in [9.17, 15) is 18.0 Å².